The molecule has 0 unspecified atom stereocenters. The molecule has 1 aromatic rings. The molecule has 0 aliphatic rings. The van der Waals surface area contributed by atoms with Crippen molar-refractivity contribution in [2.45, 2.75) is 32.4 Å². The van der Waals surface area contributed by atoms with Crippen LogP contribution in [0.25, 0.3) is 0 Å². The maximum atomic E-state index is 10.1. The number of ether oxygens (including phenoxy) is 1. The van der Waals surface area contributed by atoms with Gasteiger partial charge in [-0.2, -0.15) is 0 Å². The van der Waals surface area contributed by atoms with E-state index >= 15 is 0 Å². The zero-order valence-electron chi connectivity index (χ0n) is 9.43. The molecule has 0 N–H and O–H groups in total. The molecule has 6 heteroatoms. The van der Waals surface area contributed by atoms with E-state index in [-0.39, 0.29) is 5.82 Å². The summed E-state index contributed by atoms with van der Waals surface area (Å²) in [6.45, 7) is 8.05. The van der Waals surface area contributed by atoms with Crippen LogP contribution in [0.3, 0.4) is 0 Å². The minimum Gasteiger partial charge on any atom is -0.360 e. The third-order valence-corrected chi connectivity index (χ3v) is 3.64. The Hall–Kier alpha value is -1.01. The van der Waals surface area contributed by atoms with Crippen LogP contribution in [0, 0.1) is 4.91 Å². The number of hydrogen-bond acceptors (Lipinski definition) is 4. The molecule has 0 amide bonds. The van der Waals surface area contributed by atoms with E-state index in [1.165, 1.54) is 0 Å². The van der Waals surface area contributed by atoms with E-state index < -0.39 is 8.07 Å². The molecule has 0 fully saturated rings. The van der Waals surface area contributed by atoms with Crippen molar-refractivity contribution < 1.29 is 4.74 Å². The van der Waals surface area contributed by atoms with Crippen molar-refractivity contribution >= 4 is 13.9 Å². The van der Waals surface area contributed by atoms with Crippen molar-refractivity contribution in [3.8, 4) is 0 Å². The second-order valence-electron chi connectivity index (χ2n) is 4.65. The lowest BCUT2D eigenvalue weighted by Gasteiger charge is -2.15. The zero-order chi connectivity index (χ0) is 11.3. The zero-order valence-corrected chi connectivity index (χ0v) is 10.4. The van der Waals surface area contributed by atoms with Crippen LogP contribution >= 0.6 is 0 Å². The largest absolute Gasteiger partial charge is 0.360 e. The Morgan fingerprint density at radius 1 is 1.53 bits per heavy atom. The summed E-state index contributed by atoms with van der Waals surface area (Å²) in [7, 11) is -1.02. The first-order valence-corrected chi connectivity index (χ1v) is 8.66. The summed E-state index contributed by atoms with van der Waals surface area (Å²) in [5.41, 5.74) is 0. The highest BCUT2D eigenvalue weighted by Gasteiger charge is 2.11. The second kappa shape index (κ2) is 5.18. The summed E-state index contributed by atoms with van der Waals surface area (Å²) in [4.78, 5) is 10.1. The minimum atomic E-state index is -1.02. The molecular formula is C9H17N3O2Si. The molecule has 0 aliphatic carbocycles. The maximum absolute atomic E-state index is 10.1. The van der Waals surface area contributed by atoms with E-state index in [2.05, 4.69) is 29.9 Å². The van der Waals surface area contributed by atoms with Gasteiger partial charge < -0.3 is 4.74 Å². The van der Waals surface area contributed by atoms with E-state index in [4.69, 9.17) is 4.74 Å². The van der Waals surface area contributed by atoms with Gasteiger partial charge in [-0.1, -0.05) is 19.6 Å². The highest BCUT2D eigenvalue weighted by Crippen LogP contribution is 2.08. The lowest BCUT2D eigenvalue weighted by atomic mass is 10.7. The smallest absolute Gasteiger partial charge is 0.217 e. The Bertz CT molecular complexity index is 319. The van der Waals surface area contributed by atoms with Gasteiger partial charge in [0, 0.05) is 26.9 Å². The molecule has 0 spiro atoms. The van der Waals surface area contributed by atoms with Crippen molar-refractivity contribution in [2.24, 2.45) is 5.18 Å². The summed E-state index contributed by atoms with van der Waals surface area (Å²) in [5, 5.41) is 6.61. The van der Waals surface area contributed by atoms with Gasteiger partial charge in [-0.05, 0) is 11.2 Å². The van der Waals surface area contributed by atoms with Crippen molar-refractivity contribution in [1.29, 1.82) is 0 Å². The lowest BCUT2D eigenvalue weighted by molar-refractivity contribution is 0.0787. The first kappa shape index (κ1) is 12.1. The summed E-state index contributed by atoms with van der Waals surface area (Å²) in [6, 6.07) is 2.70. The molecule has 84 valence electrons. The standard InChI is InChI=1S/C9H17N3O2Si/c1-15(2,3)7-6-14-8-12-5-4-9(10-12)11-13/h4-5H,6-8H2,1-3H3. The van der Waals surface area contributed by atoms with Gasteiger partial charge in [-0.15, -0.1) is 10.0 Å². The SMILES string of the molecule is C[Si](C)(C)CCOCn1ccc(N=O)n1. The highest BCUT2D eigenvalue weighted by molar-refractivity contribution is 6.76. The monoisotopic (exact) mass is 227 g/mol. The second-order valence-corrected chi connectivity index (χ2v) is 10.3. The van der Waals surface area contributed by atoms with Gasteiger partial charge in [-0.25, -0.2) is 4.68 Å². The Morgan fingerprint density at radius 2 is 2.27 bits per heavy atom. The molecule has 0 aromatic carbocycles. The van der Waals surface area contributed by atoms with Crippen molar-refractivity contribution in [3.63, 3.8) is 0 Å². The summed E-state index contributed by atoms with van der Waals surface area (Å²) in [5.74, 6) is 0.198. The van der Waals surface area contributed by atoms with E-state index in [9.17, 15) is 4.91 Å². The highest BCUT2D eigenvalue weighted by atomic mass is 28.3. The average Bonchev–Trinajstić information content (AvgIpc) is 2.59. The number of nitroso groups, excluding NO2 is 1. The van der Waals surface area contributed by atoms with Crippen LogP contribution in [0.4, 0.5) is 5.82 Å². The molecular weight excluding hydrogens is 210 g/mol. The molecule has 0 atom stereocenters. The predicted octanol–water partition coefficient (Wildman–Crippen LogP) is 2.59. The first-order valence-electron chi connectivity index (χ1n) is 4.96. The fourth-order valence-electron chi connectivity index (χ4n) is 1.01. The molecule has 0 saturated carbocycles. The van der Waals surface area contributed by atoms with E-state index in [1.54, 1.807) is 16.9 Å². The third kappa shape index (κ3) is 4.85. The fraction of sp³-hybridized carbons (Fsp3) is 0.667. The lowest BCUT2D eigenvalue weighted by Crippen LogP contribution is -2.22. The van der Waals surface area contributed by atoms with Crippen LogP contribution in [0.5, 0.6) is 0 Å². The summed E-state index contributed by atoms with van der Waals surface area (Å²) in [6.07, 6.45) is 1.69. The normalized spacial score (nSPS) is 11.7. The molecule has 0 radical (unpaired) electrons. The number of rotatable bonds is 6. The van der Waals surface area contributed by atoms with Gasteiger partial charge in [0.15, 0.2) is 0 Å². The first-order chi connectivity index (χ1) is 7.01. The number of aromatic nitrogens is 2. The average molecular weight is 227 g/mol. The van der Waals surface area contributed by atoms with Gasteiger partial charge in [-0.3, -0.25) is 0 Å². The number of nitrogens with zero attached hydrogens (tertiary/aromatic N) is 3. The van der Waals surface area contributed by atoms with E-state index in [1.807, 2.05) is 0 Å². The Labute approximate surface area is 90.4 Å². The van der Waals surface area contributed by atoms with Gasteiger partial charge in [0.25, 0.3) is 0 Å². The van der Waals surface area contributed by atoms with Crippen molar-refractivity contribution in [2.75, 3.05) is 6.61 Å². The molecule has 1 rings (SSSR count). The van der Waals surface area contributed by atoms with Crippen LogP contribution in [0.1, 0.15) is 0 Å². The molecule has 0 aliphatic heterocycles. The van der Waals surface area contributed by atoms with Crippen LogP contribution < -0.4 is 0 Å². The third-order valence-electron chi connectivity index (χ3n) is 1.94. The van der Waals surface area contributed by atoms with Crippen LogP contribution in [0.2, 0.25) is 25.7 Å². The van der Waals surface area contributed by atoms with Gasteiger partial charge in [0.1, 0.15) is 6.73 Å². The predicted molar refractivity (Wildman–Crippen MR) is 61.8 cm³/mol. The topological polar surface area (TPSA) is 56.5 Å². The van der Waals surface area contributed by atoms with Crippen molar-refractivity contribution in [3.05, 3.63) is 17.2 Å². The van der Waals surface area contributed by atoms with Gasteiger partial charge in [0.05, 0.1) is 0 Å². The van der Waals surface area contributed by atoms with Crippen LogP contribution in [-0.2, 0) is 11.5 Å². The molecule has 1 heterocycles. The minimum absolute atomic E-state index is 0.198. The summed E-state index contributed by atoms with van der Waals surface area (Å²) < 4.78 is 7.02. The molecule has 5 nitrogen and oxygen atoms in total. The molecule has 15 heavy (non-hydrogen) atoms. The Balaban J connectivity index is 2.23. The fourth-order valence-corrected chi connectivity index (χ4v) is 1.76. The number of hydrogen-bond donors (Lipinski definition) is 0. The van der Waals surface area contributed by atoms with E-state index in [0.29, 0.717) is 6.73 Å². The van der Waals surface area contributed by atoms with E-state index in [0.717, 1.165) is 12.7 Å². The maximum Gasteiger partial charge on any atom is 0.217 e. The van der Waals surface area contributed by atoms with Gasteiger partial charge in [0.2, 0.25) is 5.82 Å². The Kier molecular flexibility index (Phi) is 4.16. The van der Waals surface area contributed by atoms with Gasteiger partial charge >= 0.3 is 0 Å². The molecule has 1 aromatic heterocycles. The quantitative estimate of drug-likeness (QED) is 0.426. The molecule has 0 saturated heterocycles. The summed E-state index contributed by atoms with van der Waals surface area (Å²) >= 11 is 0. The molecule has 0 bridgehead atoms. The van der Waals surface area contributed by atoms with Crippen LogP contribution in [0.15, 0.2) is 17.4 Å². The Morgan fingerprint density at radius 3 is 2.80 bits per heavy atom. The van der Waals surface area contributed by atoms with Crippen LogP contribution in [-0.4, -0.2) is 24.5 Å². The van der Waals surface area contributed by atoms with Crippen molar-refractivity contribution in [1.82, 2.24) is 9.78 Å².